The van der Waals surface area contributed by atoms with Crippen LogP contribution in [0, 0.1) is 0 Å². The van der Waals surface area contributed by atoms with Gasteiger partial charge in [0.2, 0.25) is 10.0 Å². The molecule has 3 rings (SSSR count). The Kier molecular flexibility index (Phi) is 4.40. The molecule has 0 saturated carbocycles. The Morgan fingerprint density at radius 3 is 2.28 bits per heavy atom. The first-order valence-electron chi connectivity index (χ1n) is 7.19. The van der Waals surface area contributed by atoms with Crippen LogP contribution < -0.4 is 10.0 Å². The van der Waals surface area contributed by atoms with E-state index in [1.54, 1.807) is 25.2 Å². The van der Waals surface area contributed by atoms with Crippen molar-refractivity contribution >= 4 is 43.6 Å². The molecule has 130 valence electrons. The average molecular weight is 424 g/mol. The summed E-state index contributed by atoms with van der Waals surface area (Å²) in [6.45, 7) is 0. The van der Waals surface area contributed by atoms with E-state index in [2.05, 4.69) is 15.9 Å². The number of nitrogens with two attached hydrogens (primary N) is 1. The van der Waals surface area contributed by atoms with Gasteiger partial charge in [-0.1, -0.05) is 28.1 Å². The lowest BCUT2D eigenvalue weighted by Crippen LogP contribution is -2.31. The number of nitrogens with zero attached hydrogens (tertiary/aromatic N) is 2. The molecule has 2 aromatic rings. The molecule has 0 bridgehead atoms. The summed E-state index contributed by atoms with van der Waals surface area (Å²) in [5.74, 6) is -0.408. The Labute approximate surface area is 153 Å². The van der Waals surface area contributed by atoms with Gasteiger partial charge in [0, 0.05) is 11.5 Å². The van der Waals surface area contributed by atoms with Gasteiger partial charge in [0.25, 0.3) is 5.91 Å². The van der Waals surface area contributed by atoms with E-state index in [0.29, 0.717) is 5.56 Å². The van der Waals surface area contributed by atoms with Gasteiger partial charge in [-0.25, -0.2) is 23.3 Å². The van der Waals surface area contributed by atoms with Crippen LogP contribution in [-0.2, 0) is 14.8 Å². The highest BCUT2D eigenvalue weighted by Crippen LogP contribution is 2.34. The smallest absolute Gasteiger partial charge is 0.311 e. The van der Waals surface area contributed by atoms with Crippen molar-refractivity contribution < 1.29 is 18.0 Å². The molecule has 1 saturated heterocycles. The van der Waals surface area contributed by atoms with Crippen molar-refractivity contribution in [3.05, 3.63) is 58.6 Å². The number of hydrogen-bond donors (Lipinski definition) is 1. The van der Waals surface area contributed by atoms with Gasteiger partial charge in [-0.05, 0) is 42.0 Å². The van der Waals surface area contributed by atoms with Crippen molar-refractivity contribution in [3.8, 4) is 0 Å². The summed E-state index contributed by atoms with van der Waals surface area (Å²) < 4.78 is 23.5. The molecular weight excluding hydrogens is 410 g/mol. The van der Waals surface area contributed by atoms with Crippen LogP contribution in [0.1, 0.15) is 11.6 Å². The summed E-state index contributed by atoms with van der Waals surface area (Å²) in [6, 6.07) is 11.2. The first-order valence-corrected chi connectivity index (χ1v) is 9.53. The number of sulfonamides is 1. The van der Waals surface area contributed by atoms with E-state index in [0.717, 1.165) is 9.37 Å². The van der Waals surface area contributed by atoms with Crippen molar-refractivity contribution in [2.45, 2.75) is 10.9 Å². The zero-order valence-corrected chi connectivity index (χ0v) is 15.5. The van der Waals surface area contributed by atoms with E-state index in [1.807, 2.05) is 6.07 Å². The lowest BCUT2D eigenvalue weighted by atomic mass is 10.1. The lowest BCUT2D eigenvalue weighted by molar-refractivity contribution is -0.119. The molecular formula is C16H14BrN3O4S. The number of halogens is 1. The van der Waals surface area contributed by atoms with Crippen molar-refractivity contribution in [2.24, 2.45) is 5.14 Å². The zero-order chi connectivity index (χ0) is 18.4. The number of urea groups is 1. The fourth-order valence-electron chi connectivity index (χ4n) is 2.72. The fraction of sp³-hybridized carbons (Fsp3) is 0.125. The SMILES string of the molecule is CN1C(=O)N(c2ccc(S(N)(=O)=O)cc2)C(=O)[C@H]1c1cccc(Br)c1. The molecule has 1 heterocycles. The van der Waals surface area contributed by atoms with Crippen molar-refractivity contribution in [1.29, 1.82) is 0 Å². The van der Waals surface area contributed by atoms with Crippen molar-refractivity contribution in [2.75, 3.05) is 11.9 Å². The van der Waals surface area contributed by atoms with Gasteiger partial charge < -0.3 is 4.90 Å². The van der Waals surface area contributed by atoms with E-state index in [-0.39, 0.29) is 10.6 Å². The normalized spacial score (nSPS) is 18.1. The highest BCUT2D eigenvalue weighted by Gasteiger charge is 2.44. The number of primary sulfonamides is 1. The predicted molar refractivity (Wildman–Crippen MR) is 95.3 cm³/mol. The molecule has 2 N–H and O–H groups in total. The van der Waals surface area contributed by atoms with Crippen molar-refractivity contribution in [1.82, 2.24) is 4.90 Å². The van der Waals surface area contributed by atoms with Gasteiger partial charge >= 0.3 is 6.03 Å². The maximum atomic E-state index is 12.8. The highest BCUT2D eigenvalue weighted by atomic mass is 79.9. The van der Waals surface area contributed by atoms with Crippen LogP contribution in [0.3, 0.4) is 0 Å². The molecule has 0 unspecified atom stereocenters. The standard InChI is InChI=1S/C16H14BrN3O4S/c1-19-14(10-3-2-4-11(17)9-10)15(21)20(16(19)22)12-5-7-13(8-6-12)25(18,23)24/h2-9,14H,1H3,(H2,18,23,24)/t14-/m1/s1. The average Bonchev–Trinajstić information content (AvgIpc) is 2.76. The number of hydrogen-bond acceptors (Lipinski definition) is 4. The first kappa shape index (κ1) is 17.6. The largest absolute Gasteiger partial charge is 0.332 e. The van der Waals surface area contributed by atoms with Gasteiger partial charge in [-0.3, -0.25) is 4.79 Å². The van der Waals surface area contributed by atoms with Crippen molar-refractivity contribution in [3.63, 3.8) is 0 Å². The second kappa shape index (κ2) is 6.25. The quantitative estimate of drug-likeness (QED) is 0.764. The maximum absolute atomic E-state index is 12.8. The highest BCUT2D eigenvalue weighted by molar-refractivity contribution is 9.10. The zero-order valence-electron chi connectivity index (χ0n) is 13.1. The van der Waals surface area contributed by atoms with E-state index in [1.165, 1.54) is 29.2 Å². The molecule has 2 aromatic carbocycles. The third-order valence-electron chi connectivity index (χ3n) is 3.92. The molecule has 9 heteroatoms. The number of rotatable bonds is 3. The van der Waals surface area contributed by atoms with Crippen LogP contribution in [0.15, 0.2) is 57.9 Å². The molecule has 0 spiro atoms. The number of carbonyl (C=O) groups is 2. The number of likely N-dealkylation sites (N-methyl/N-ethyl adjacent to an activating group) is 1. The minimum Gasteiger partial charge on any atom is -0.311 e. The second-order valence-electron chi connectivity index (χ2n) is 5.56. The Morgan fingerprint density at radius 2 is 1.72 bits per heavy atom. The summed E-state index contributed by atoms with van der Waals surface area (Å²) in [5.41, 5.74) is 0.964. The van der Waals surface area contributed by atoms with Gasteiger partial charge in [-0.15, -0.1) is 0 Å². The Bertz CT molecular complexity index is 960. The minimum absolute atomic E-state index is 0.0905. The van der Waals surface area contributed by atoms with Crippen LogP contribution in [0.5, 0.6) is 0 Å². The van der Waals surface area contributed by atoms with Gasteiger partial charge in [0.1, 0.15) is 6.04 Å². The molecule has 7 nitrogen and oxygen atoms in total. The molecule has 0 radical (unpaired) electrons. The van der Waals surface area contributed by atoms with Gasteiger partial charge in [0.15, 0.2) is 0 Å². The first-order chi connectivity index (χ1) is 11.7. The molecule has 3 amide bonds. The fourth-order valence-corrected chi connectivity index (χ4v) is 3.65. The van der Waals surface area contributed by atoms with Gasteiger partial charge in [-0.2, -0.15) is 0 Å². The number of benzene rings is 2. The van der Waals surface area contributed by atoms with Gasteiger partial charge in [0.05, 0.1) is 10.6 Å². The Morgan fingerprint density at radius 1 is 1.08 bits per heavy atom. The second-order valence-corrected chi connectivity index (χ2v) is 8.04. The maximum Gasteiger partial charge on any atom is 0.332 e. The Hall–Kier alpha value is -2.23. The molecule has 1 atom stereocenters. The Balaban J connectivity index is 1.98. The molecule has 0 aromatic heterocycles. The van der Waals surface area contributed by atoms with E-state index in [4.69, 9.17) is 5.14 Å². The molecule has 1 aliphatic rings. The molecule has 1 fully saturated rings. The minimum atomic E-state index is -3.84. The van der Waals surface area contributed by atoms with E-state index < -0.39 is 28.0 Å². The monoisotopic (exact) mass is 423 g/mol. The third-order valence-corrected chi connectivity index (χ3v) is 5.34. The number of amides is 3. The summed E-state index contributed by atoms with van der Waals surface area (Å²) in [4.78, 5) is 27.6. The van der Waals surface area contributed by atoms with E-state index in [9.17, 15) is 18.0 Å². The third kappa shape index (κ3) is 3.17. The molecule has 25 heavy (non-hydrogen) atoms. The lowest BCUT2D eigenvalue weighted by Gasteiger charge is -2.16. The number of imide groups is 1. The van der Waals surface area contributed by atoms with Crippen LogP contribution in [0.2, 0.25) is 0 Å². The summed E-state index contributed by atoms with van der Waals surface area (Å²) in [5, 5.41) is 5.06. The van der Waals surface area contributed by atoms with Crippen LogP contribution >= 0.6 is 15.9 Å². The summed E-state index contributed by atoms with van der Waals surface area (Å²) >= 11 is 3.35. The summed E-state index contributed by atoms with van der Waals surface area (Å²) in [7, 11) is -2.30. The molecule has 1 aliphatic heterocycles. The predicted octanol–water partition coefficient (Wildman–Crippen LogP) is 2.24. The van der Waals surface area contributed by atoms with E-state index >= 15 is 0 Å². The summed E-state index contributed by atoms with van der Waals surface area (Å²) in [6.07, 6.45) is 0. The topological polar surface area (TPSA) is 101 Å². The van der Waals surface area contributed by atoms with Crippen LogP contribution in [-0.4, -0.2) is 32.3 Å². The van der Waals surface area contributed by atoms with Crippen LogP contribution in [0.4, 0.5) is 10.5 Å². The van der Waals surface area contributed by atoms with Crippen LogP contribution in [0.25, 0.3) is 0 Å². The number of anilines is 1. The molecule has 0 aliphatic carbocycles. The number of carbonyl (C=O) groups excluding carboxylic acids is 2.